The van der Waals surface area contributed by atoms with Crippen molar-refractivity contribution in [2.24, 2.45) is 0 Å². The van der Waals surface area contributed by atoms with E-state index in [0.29, 0.717) is 5.39 Å². The largest absolute Gasteiger partial charge is 0.268 e. The van der Waals surface area contributed by atoms with Crippen molar-refractivity contribution < 1.29 is 0 Å². The summed E-state index contributed by atoms with van der Waals surface area (Å²) in [6.45, 7) is 4.07. The van der Waals surface area contributed by atoms with Crippen LogP contribution < -0.4 is 5.56 Å². The maximum atomic E-state index is 12.9. The van der Waals surface area contributed by atoms with Gasteiger partial charge in [-0.05, 0) is 36.4 Å². The van der Waals surface area contributed by atoms with Crippen LogP contribution in [0.1, 0.15) is 12.5 Å². The summed E-state index contributed by atoms with van der Waals surface area (Å²) in [5.41, 5.74) is 2.71. The van der Waals surface area contributed by atoms with Crippen LogP contribution >= 0.6 is 11.8 Å². The Bertz CT molecular complexity index is 855. The molecule has 1 aromatic heterocycles. The number of aromatic nitrogens is 2. The van der Waals surface area contributed by atoms with Crippen molar-refractivity contribution in [1.82, 2.24) is 9.55 Å². The third-order valence-electron chi connectivity index (χ3n) is 3.37. The topological polar surface area (TPSA) is 34.9 Å². The Morgan fingerprint density at radius 3 is 2.57 bits per heavy atom. The highest BCUT2D eigenvalue weighted by Crippen LogP contribution is 2.22. The molecule has 3 rings (SSSR count). The maximum Gasteiger partial charge on any atom is 0.266 e. The predicted molar refractivity (Wildman–Crippen MR) is 88.5 cm³/mol. The first-order chi connectivity index (χ1) is 10.2. The van der Waals surface area contributed by atoms with Crippen LogP contribution in [0.2, 0.25) is 0 Å². The Labute approximate surface area is 127 Å². The number of nitrogens with zero attached hydrogens (tertiary/aromatic N) is 2. The molecule has 0 N–H and O–H groups in total. The molecule has 0 radical (unpaired) electrons. The summed E-state index contributed by atoms with van der Waals surface area (Å²) < 4.78 is 1.73. The number of aryl methyl sites for hydroxylation is 1. The lowest BCUT2D eigenvalue weighted by Gasteiger charge is -2.14. The molecule has 3 nitrogen and oxygen atoms in total. The van der Waals surface area contributed by atoms with E-state index < -0.39 is 0 Å². The highest BCUT2D eigenvalue weighted by atomic mass is 32.2. The van der Waals surface area contributed by atoms with Crippen molar-refractivity contribution in [3.8, 4) is 5.69 Å². The molecule has 0 bridgehead atoms. The Morgan fingerprint density at radius 2 is 1.81 bits per heavy atom. The minimum Gasteiger partial charge on any atom is -0.268 e. The van der Waals surface area contributed by atoms with Gasteiger partial charge in [0.25, 0.3) is 5.56 Å². The summed E-state index contributed by atoms with van der Waals surface area (Å²) in [6, 6.07) is 15.4. The van der Waals surface area contributed by atoms with Crippen LogP contribution in [0.3, 0.4) is 0 Å². The number of hydrogen-bond acceptors (Lipinski definition) is 3. The van der Waals surface area contributed by atoms with E-state index in [-0.39, 0.29) is 5.56 Å². The lowest BCUT2D eigenvalue weighted by molar-refractivity contribution is 0.815. The smallest absolute Gasteiger partial charge is 0.266 e. The standard InChI is InChI=1S/C17H16N2OS/c1-3-21-17-18-14-10-6-5-9-13(14)16(20)19(17)15-11-7-4-8-12(15)2/h4-11H,3H2,1-2H3. The average Bonchev–Trinajstić information content (AvgIpc) is 2.49. The average molecular weight is 296 g/mol. The molecule has 0 amide bonds. The van der Waals surface area contributed by atoms with Crippen LogP contribution in [0.25, 0.3) is 16.6 Å². The van der Waals surface area contributed by atoms with Gasteiger partial charge in [0.2, 0.25) is 0 Å². The van der Waals surface area contributed by atoms with Gasteiger partial charge in [-0.2, -0.15) is 0 Å². The highest BCUT2D eigenvalue weighted by molar-refractivity contribution is 7.99. The van der Waals surface area contributed by atoms with E-state index in [0.717, 1.165) is 27.7 Å². The van der Waals surface area contributed by atoms with Gasteiger partial charge in [0.1, 0.15) is 0 Å². The lowest BCUT2D eigenvalue weighted by Crippen LogP contribution is -2.22. The monoisotopic (exact) mass is 296 g/mol. The Morgan fingerprint density at radius 1 is 1.10 bits per heavy atom. The Balaban J connectivity index is 2.40. The molecule has 0 saturated carbocycles. The molecule has 106 valence electrons. The molecule has 2 aromatic carbocycles. The molecule has 3 aromatic rings. The molecule has 0 aliphatic carbocycles. The van der Waals surface area contributed by atoms with Gasteiger partial charge in [-0.1, -0.05) is 49.0 Å². The van der Waals surface area contributed by atoms with E-state index >= 15 is 0 Å². The maximum absolute atomic E-state index is 12.9. The van der Waals surface area contributed by atoms with E-state index in [2.05, 4.69) is 11.9 Å². The number of benzene rings is 2. The molecule has 1 heterocycles. The van der Waals surface area contributed by atoms with E-state index in [1.165, 1.54) is 0 Å². The fraction of sp³-hybridized carbons (Fsp3) is 0.176. The zero-order valence-corrected chi connectivity index (χ0v) is 12.9. The number of para-hydroxylation sites is 2. The number of hydrogen-bond donors (Lipinski definition) is 0. The molecule has 21 heavy (non-hydrogen) atoms. The van der Waals surface area contributed by atoms with Gasteiger partial charge in [0.15, 0.2) is 5.16 Å². The summed E-state index contributed by atoms with van der Waals surface area (Å²) in [6.07, 6.45) is 0. The summed E-state index contributed by atoms with van der Waals surface area (Å²) in [4.78, 5) is 17.6. The number of fused-ring (bicyclic) bond motifs is 1. The van der Waals surface area contributed by atoms with Crippen molar-refractivity contribution >= 4 is 22.7 Å². The van der Waals surface area contributed by atoms with Crippen molar-refractivity contribution in [1.29, 1.82) is 0 Å². The number of thioether (sulfide) groups is 1. The third-order valence-corrected chi connectivity index (χ3v) is 4.20. The molecule has 0 aliphatic heterocycles. The van der Waals surface area contributed by atoms with E-state index in [4.69, 9.17) is 0 Å². The second kappa shape index (κ2) is 5.74. The van der Waals surface area contributed by atoms with Crippen molar-refractivity contribution in [3.05, 3.63) is 64.4 Å². The summed E-state index contributed by atoms with van der Waals surface area (Å²) in [7, 11) is 0. The Kier molecular flexibility index (Phi) is 3.80. The molecule has 0 spiro atoms. The minimum absolute atomic E-state index is 0.00847. The molecule has 0 aliphatic rings. The van der Waals surface area contributed by atoms with Crippen molar-refractivity contribution in [2.75, 3.05) is 5.75 Å². The second-order valence-corrected chi connectivity index (χ2v) is 6.00. The molecule has 4 heteroatoms. The molecular weight excluding hydrogens is 280 g/mol. The van der Waals surface area contributed by atoms with Gasteiger partial charge >= 0.3 is 0 Å². The van der Waals surface area contributed by atoms with Crippen LogP contribution in [-0.2, 0) is 0 Å². The van der Waals surface area contributed by atoms with Crippen LogP contribution in [0.15, 0.2) is 58.5 Å². The molecule has 0 unspecified atom stereocenters. The fourth-order valence-corrected chi connectivity index (χ4v) is 3.10. The first kappa shape index (κ1) is 13.9. The Hall–Kier alpha value is -2.07. The third kappa shape index (κ3) is 2.47. The molecule has 0 atom stereocenters. The van der Waals surface area contributed by atoms with Gasteiger partial charge in [-0.25, -0.2) is 4.98 Å². The van der Waals surface area contributed by atoms with E-state index in [9.17, 15) is 4.79 Å². The zero-order valence-electron chi connectivity index (χ0n) is 12.0. The second-order valence-electron chi connectivity index (χ2n) is 4.77. The quantitative estimate of drug-likeness (QED) is 0.544. The van der Waals surface area contributed by atoms with Crippen molar-refractivity contribution in [2.45, 2.75) is 19.0 Å². The summed E-state index contributed by atoms with van der Waals surface area (Å²) >= 11 is 1.59. The van der Waals surface area contributed by atoms with Crippen LogP contribution in [0.5, 0.6) is 0 Å². The van der Waals surface area contributed by atoms with E-state index in [1.54, 1.807) is 16.3 Å². The van der Waals surface area contributed by atoms with Crippen LogP contribution in [-0.4, -0.2) is 15.3 Å². The summed E-state index contributed by atoms with van der Waals surface area (Å²) in [5, 5.41) is 1.40. The van der Waals surface area contributed by atoms with Gasteiger partial charge in [-0.3, -0.25) is 9.36 Å². The molecular formula is C17H16N2OS. The fourth-order valence-electron chi connectivity index (χ4n) is 2.37. The lowest BCUT2D eigenvalue weighted by atomic mass is 10.2. The van der Waals surface area contributed by atoms with E-state index in [1.807, 2.05) is 55.5 Å². The molecule has 0 saturated heterocycles. The van der Waals surface area contributed by atoms with Crippen LogP contribution in [0, 0.1) is 6.92 Å². The van der Waals surface area contributed by atoms with Gasteiger partial charge in [0, 0.05) is 0 Å². The van der Waals surface area contributed by atoms with Gasteiger partial charge in [-0.15, -0.1) is 0 Å². The SMILES string of the molecule is CCSc1nc2ccccc2c(=O)n1-c1ccccc1C. The first-order valence-corrected chi connectivity index (χ1v) is 7.91. The zero-order chi connectivity index (χ0) is 14.8. The minimum atomic E-state index is -0.00847. The predicted octanol–water partition coefficient (Wildman–Crippen LogP) is 3.81. The highest BCUT2D eigenvalue weighted by Gasteiger charge is 2.13. The van der Waals surface area contributed by atoms with Gasteiger partial charge in [0.05, 0.1) is 16.6 Å². The van der Waals surface area contributed by atoms with Crippen molar-refractivity contribution in [3.63, 3.8) is 0 Å². The molecule has 0 fully saturated rings. The number of rotatable bonds is 3. The normalized spacial score (nSPS) is 11.0. The first-order valence-electron chi connectivity index (χ1n) is 6.93. The van der Waals surface area contributed by atoms with Gasteiger partial charge < -0.3 is 0 Å². The summed E-state index contributed by atoms with van der Waals surface area (Å²) in [5.74, 6) is 0.872. The van der Waals surface area contributed by atoms with Crippen LogP contribution in [0.4, 0.5) is 0 Å².